The van der Waals surface area contributed by atoms with Crippen molar-refractivity contribution in [2.24, 2.45) is 0 Å². The van der Waals surface area contributed by atoms with Crippen LogP contribution in [0.3, 0.4) is 0 Å². The summed E-state index contributed by atoms with van der Waals surface area (Å²) in [7, 11) is 3.04. The highest BCUT2D eigenvalue weighted by Crippen LogP contribution is 2.35. The van der Waals surface area contributed by atoms with Crippen LogP contribution in [0.25, 0.3) is 0 Å². The lowest BCUT2D eigenvalue weighted by Crippen LogP contribution is -2.26. The highest BCUT2D eigenvalue weighted by molar-refractivity contribution is 9.10. The third-order valence-electron chi connectivity index (χ3n) is 2.56. The summed E-state index contributed by atoms with van der Waals surface area (Å²) >= 11 is 3.34. The number of amides is 1. The van der Waals surface area contributed by atoms with E-state index in [1.807, 2.05) is 0 Å². The molecule has 1 amide bonds. The van der Waals surface area contributed by atoms with Gasteiger partial charge < -0.3 is 19.9 Å². The number of aliphatic hydroxyl groups is 1. The van der Waals surface area contributed by atoms with Gasteiger partial charge >= 0.3 is 0 Å². The molecule has 1 rings (SSSR count). The zero-order valence-corrected chi connectivity index (χ0v) is 12.8. The van der Waals surface area contributed by atoms with Crippen LogP contribution in [0, 0.1) is 0 Å². The van der Waals surface area contributed by atoms with Gasteiger partial charge in [-0.25, -0.2) is 0 Å². The molecule has 0 bridgehead atoms. The Hall–Kier alpha value is -1.27. The molecule has 0 aliphatic rings. The second kappa shape index (κ2) is 7.35. The Morgan fingerprint density at radius 3 is 2.32 bits per heavy atom. The van der Waals surface area contributed by atoms with Crippen LogP contribution < -0.4 is 14.8 Å². The van der Waals surface area contributed by atoms with E-state index in [-0.39, 0.29) is 5.91 Å². The van der Waals surface area contributed by atoms with Crippen molar-refractivity contribution in [2.45, 2.75) is 19.4 Å². The first kappa shape index (κ1) is 15.8. The van der Waals surface area contributed by atoms with E-state index in [0.29, 0.717) is 34.5 Å². The number of ether oxygens (including phenoxy) is 2. The van der Waals surface area contributed by atoms with Crippen LogP contribution >= 0.6 is 15.9 Å². The molecule has 0 aromatic heterocycles. The molecule has 1 atom stereocenters. The fourth-order valence-corrected chi connectivity index (χ4v) is 2.05. The molecule has 19 heavy (non-hydrogen) atoms. The lowest BCUT2D eigenvalue weighted by atomic mass is 10.2. The molecule has 0 spiro atoms. The summed E-state index contributed by atoms with van der Waals surface area (Å²) < 4.78 is 11.0. The Labute approximate surface area is 121 Å². The maximum absolute atomic E-state index is 12.0. The monoisotopic (exact) mass is 331 g/mol. The number of halogens is 1. The predicted molar refractivity (Wildman–Crippen MR) is 75.9 cm³/mol. The molecule has 0 aliphatic carbocycles. The number of carbonyl (C=O) groups is 1. The summed E-state index contributed by atoms with van der Waals surface area (Å²) in [5, 5.41) is 11.9. The Morgan fingerprint density at radius 2 is 1.89 bits per heavy atom. The number of methoxy groups -OCH3 is 2. The number of hydrogen-bond acceptors (Lipinski definition) is 4. The molecule has 1 aromatic rings. The van der Waals surface area contributed by atoms with E-state index >= 15 is 0 Å². The minimum atomic E-state index is -0.436. The van der Waals surface area contributed by atoms with E-state index in [4.69, 9.17) is 14.6 Å². The minimum absolute atomic E-state index is 0.232. The number of hydrogen-bond donors (Lipinski definition) is 2. The van der Waals surface area contributed by atoms with Gasteiger partial charge in [0.2, 0.25) is 0 Å². The maximum Gasteiger partial charge on any atom is 0.251 e. The van der Waals surface area contributed by atoms with Crippen LogP contribution in [0.1, 0.15) is 23.7 Å². The van der Waals surface area contributed by atoms with Crippen molar-refractivity contribution in [3.05, 3.63) is 22.2 Å². The van der Waals surface area contributed by atoms with E-state index < -0.39 is 6.10 Å². The lowest BCUT2D eigenvalue weighted by Gasteiger charge is -2.12. The average molecular weight is 332 g/mol. The van der Waals surface area contributed by atoms with E-state index in [2.05, 4.69) is 21.2 Å². The molecular formula is C13H18BrNO4. The molecule has 2 N–H and O–H groups in total. The maximum atomic E-state index is 12.0. The van der Waals surface area contributed by atoms with E-state index in [9.17, 15) is 4.79 Å². The number of aliphatic hydroxyl groups excluding tert-OH is 1. The van der Waals surface area contributed by atoms with Crippen LogP contribution in [0.15, 0.2) is 16.6 Å². The van der Waals surface area contributed by atoms with Crippen LogP contribution in [-0.2, 0) is 0 Å². The highest BCUT2D eigenvalue weighted by Gasteiger charge is 2.14. The number of benzene rings is 1. The Kier molecular flexibility index (Phi) is 6.11. The molecule has 0 fully saturated rings. The molecule has 0 radical (unpaired) electrons. The summed E-state index contributed by atoms with van der Waals surface area (Å²) in [6.07, 6.45) is 0.0746. The van der Waals surface area contributed by atoms with Crippen molar-refractivity contribution in [3.8, 4) is 11.5 Å². The average Bonchev–Trinajstić information content (AvgIpc) is 2.38. The van der Waals surface area contributed by atoms with Gasteiger partial charge in [-0.3, -0.25) is 4.79 Å². The molecular weight excluding hydrogens is 314 g/mol. The molecule has 0 saturated heterocycles. The fraction of sp³-hybridized carbons (Fsp3) is 0.462. The predicted octanol–water partition coefficient (Wildman–Crippen LogP) is 1.97. The summed E-state index contributed by atoms with van der Waals surface area (Å²) in [5.74, 6) is 0.824. The molecule has 106 valence electrons. The van der Waals surface area contributed by atoms with Gasteiger partial charge in [0.25, 0.3) is 5.91 Å². The summed E-state index contributed by atoms with van der Waals surface area (Å²) in [6.45, 7) is 2.09. The molecule has 0 aliphatic heterocycles. The van der Waals surface area contributed by atoms with Gasteiger partial charge in [-0.1, -0.05) is 0 Å². The molecule has 6 heteroatoms. The molecule has 0 saturated carbocycles. The number of carbonyl (C=O) groups excluding carboxylic acids is 1. The molecule has 0 heterocycles. The SMILES string of the molecule is COc1cc(C(=O)NCCC(C)O)cc(OC)c1Br. The zero-order valence-electron chi connectivity index (χ0n) is 11.2. The van der Waals surface area contributed by atoms with E-state index in [1.165, 1.54) is 14.2 Å². The van der Waals surface area contributed by atoms with Gasteiger partial charge in [0.15, 0.2) is 0 Å². The van der Waals surface area contributed by atoms with Crippen molar-refractivity contribution in [2.75, 3.05) is 20.8 Å². The first-order valence-corrected chi connectivity index (χ1v) is 6.66. The Morgan fingerprint density at radius 1 is 1.37 bits per heavy atom. The van der Waals surface area contributed by atoms with Gasteiger partial charge in [-0.2, -0.15) is 0 Å². The first-order valence-electron chi connectivity index (χ1n) is 5.87. The van der Waals surface area contributed by atoms with Crippen molar-refractivity contribution >= 4 is 21.8 Å². The van der Waals surface area contributed by atoms with Crippen LogP contribution in [0.4, 0.5) is 0 Å². The summed E-state index contributed by atoms with van der Waals surface area (Å²) in [5.41, 5.74) is 0.447. The molecule has 1 aromatic carbocycles. The fourth-order valence-electron chi connectivity index (χ4n) is 1.50. The van der Waals surface area contributed by atoms with Gasteiger partial charge in [0.1, 0.15) is 16.0 Å². The van der Waals surface area contributed by atoms with Gasteiger partial charge in [-0.15, -0.1) is 0 Å². The first-order chi connectivity index (χ1) is 8.99. The van der Waals surface area contributed by atoms with Crippen molar-refractivity contribution in [3.63, 3.8) is 0 Å². The second-order valence-electron chi connectivity index (χ2n) is 4.09. The lowest BCUT2D eigenvalue weighted by molar-refractivity contribution is 0.0945. The van der Waals surface area contributed by atoms with Crippen LogP contribution in [0.5, 0.6) is 11.5 Å². The Balaban J connectivity index is 2.85. The molecule has 1 unspecified atom stereocenters. The molecule has 5 nitrogen and oxygen atoms in total. The zero-order chi connectivity index (χ0) is 14.4. The van der Waals surface area contributed by atoms with Crippen LogP contribution in [0.2, 0.25) is 0 Å². The minimum Gasteiger partial charge on any atom is -0.495 e. The number of nitrogens with one attached hydrogen (secondary N) is 1. The van der Waals surface area contributed by atoms with E-state index in [0.717, 1.165) is 0 Å². The quantitative estimate of drug-likeness (QED) is 0.836. The summed E-state index contributed by atoms with van der Waals surface area (Å²) in [6, 6.07) is 3.26. The van der Waals surface area contributed by atoms with E-state index in [1.54, 1.807) is 19.1 Å². The smallest absolute Gasteiger partial charge is 0.251 e. The highest BCUT2D eigenvalue weighted by atomic mass is 79.9. The van der Waals surface area contributed by atoms with Crippen LogP contribution in [-0.4, -0.2) is 37.9 Å². The van der Waals surface area contributed by atoms with Gasteiger partial charge in [-0.05, 0) is 41.4 Å². The van der Waals surface area contributed by atoms with Crippen molar-refractivity contribution in [1.29, 1.82) is 0 Å². The van der Waals surface area contributed by atoms with Gasteiger partial charge in [0.05, 0.1) is 20.3 Å². The third-order valence-corrected chi connectivity index (χ3v) is 3.34. The largest absolute Gasteiger partial charge is 0.495 e. The number of rotatable bonds is 6. The second-order valence-corrected chi connectivity index (χ2v) is 4.88. The van der Waals surface area contributed by atoms with Gasteiger partial charge in [0, 0.05) is 12.1 Å². The summed E-state index contributed by atoms with van der Waals surface area (Å²) in [4.78, 5) is 12.0. The van der Waals surface area contributed by atoms with Crippen molar-refractivity contribution < 1.29 is 19.4 Å². The third kappa shape index (κ3) is 4.40. The standard InChI is InChI=1S/C13H18BrNO4/c1-8(16)4-5-15-13(17)9-6-10(18-2)12(14)11(7-9)19-3/h6-8,16H,4-5H2,1-3H3,(H,15,17). The van der Waals surface area contributed by atoms with Crippen molar-refractivity contribution in [1.82, 2.24) is 5.32 Å². The normalized spacial score (nSPS) is 11.8. The topological polar surface area (TPSA) is 67.8 Å². The Bertz CT molecular complexity index is 423.